The summed E-state index contributed by atoms with van der Waals surface area (Å²) in [4.78, 5) is 15.6. The van der Waals surface area contributed by atoms with Crippen molar-refractivity contribution in [2.45, 2.75) is 31.1 Å². The molecule has 0 aromatic carbocycles. The number of nitrogens with zero attached hydrogens (tertiary/aromatic N) is 1. The molecule has 0 spiro atoms. The molecule has 1 unspecified atom stereocenters. The van der Waals surface area contributed by atoms with Crippen molar-refractivity contribution in [2.75, 3.05) is 0 Å². The molecule has 0 bridgehead atoms. The third kappa shape index (κ3) is 3.30. The van der Waals surface area contributed by atoms with Crippen LogP contribution in [0, 0.1) is 0 Å². The van der Waals surface area contributed by atoms with Gasteiger partial charge in [0.2, 0.25) is 5.91 Å². The molecule has 1 amide bonds. The lowest BCUT2D eigenvalue weighted by Gasteiger charge is -2.26. The van der Waals surface area contributed by atoms with E-state index in [1.807, 2.05) is 32.0 Å². The SMILES string of the molecule is CC(Br)C(=O)NC(C)(C)c1ccccn1. The van der Waals surface area contributed by atoms with Gasteiger partial charge in [0.15, 0.2) is 0 Å². The largest absolute Gasteiger partial charge is 0.345 e. The minimum Gasteiger partial charge on any atom is -0.345 e. The van der Waals surface area contributed by atoms with Gasteiger partial charge in [-0.15, -0.1) is 0 Å². The molecule has 0 saturated carbocycles. The highest BCUT2D eigenvalue weighted by molar-refractivity contribution is 9.10. The van der Waals surface area contributed by atoms with Gasteiger partial charge in [-0.05, 0) is 32.9 Å². The Balaban J connectivity index is 2.80. The van der Waals surface area contributed by atoms with Crippen LogP contribution in [0.5, 0.6) is 0 Å². The summed E-state index contributed by atoms with van der Waals surface area (Å²) in [5, 5.41) is 2.92. The first-order chi connectivity index (χ1) is 6.93. The predicted molar refractivity (Wildman–Crippen MR) is 63.8 cm³/mol. The molecule has 1 aromatic heterocycles. The van der Waals surface area contributed by atoms with Crippen LogP contribution < -0.4 is 5.32 Å². The molecule has 15 heavy (non-hydrogen) atoms. The second-order valence-corrected chi connectivity index (χ2v) is 5.32. The molecule has 4 heteroatoms. The van der Waals surface area contributed by atoms with Crippen molar-refractivity contribution in [3.63, 3.8) is 0 Å². The first-order valence-electron chi connectivity index (χ1n) is 4.81. The van der Waals surface area contributed by atoms with Crippen molar-refractivity contribution in [1.29, 1.82) is 0 Å². The number of rotatable bonds is 3. The highest BCUT2D eigenvalue weighted by Crippen LogP contribution is 2.17. The zero-order valence-corrected chi connectivity index (χ0v) is 10.7. The van der Waals surface area contributed by atoms with Gasteiger partial charge >= 0.3 is 0 Å². The monoisotopic (exact) mass is 270 g/mol. The maximum Gasteiger partial charge on any atom is 0.234 e. The minimum atomic E-state index is -0.444. The van der Waals surface area contributed by atoms with E-state index in [-0.39, 0.29) is 10.7 Å². The van der Waals surface area contributed by atoms with E-state index in [1.54, 1.807) is 13.1 Å². The van der Waals surface area contributed by atoms with Gasteiger partial charge in [-0.2, -0.15) is 0 Å². The Hall–Kier alpha value is -0.900. The number of carbonyl (C=O) groups is 1. The van der Waals surface area contributed by atoms with Gasteiger partial charge in [0.25, 0.3) is 0 Å². The zero-order valence-electron chi connectivity index (χ0n) is 9.12. The van der Waals surface area contributed by atoms with Crippen LogP contribution in [0.2, 0.25) is 0 Å². The van der Waals surface area contributed by atoms with Crippen LogP contribution in [-0.4, -0.2) is 15.7 Å². The first-order valence-corrected chi connectivity index (χ1v) is 5.72. The van der Waals surface area contributed by atoms with Gasteiger partial charge in [-0.1, -0.05) is 22.0 Å². The fraction of sp³-hybridized carbons (Fsp3) is 0.455. The Morgan fingerprint density at radius 2 is 2.20 bits per heavy atom. The number of hydrogen-bond donors (Lipinski definition) is 1. The number of amides is 1. The van der Waals surface area contributed by atoms with E-state index in [1.165, 1.54) is 0 Å². The maximum absolute atomic E-state index is 11.5. The van der Waals surface area contributed by atoms with Crippen LogP contribution >= 0.6 is 15.9 Å². The van der Waals surface area contributed by atoms with E-state index in [2.05, 4.69) is 26.2 Å². The molecule has 0 fully saturated rings. The number of halogens is 1. The lowest BCUT2D eigenvalue weighted by molar-refractivity contribution is -0.121. The average Bonchev–Trinajstić information content (AvgIpc) is 2.18. The molecule has 3 nitrogen and oxygen atoms in total. The van der Waals surface area contributed by atoms with E-state index in [9.17, 15) is 4.79 Å². The molecule has 0 radical (unpaired) electrons. The molecule has 0 aliphatic carbocycles. The number of pyridine rings is 1. The van der Waals surface area contributed by atoms with Crippen LogP contribution in [0.4, 0.5) is 0 Å². The molecule has 0 aliphatic heterocycles. The summed E-state index contributed by atoms with van der Waals surface area (Å²) in [5.74, 6) is -0.0364. The fourth-order valence-electron chi connectivity index (χ4n) is 1.20. The van der Waals surface area contributed by atoms with Gasteiger partial charge in [0, 0.05) is 6.20 Å². The van der Waals surface area contributed by atoms with Gasteiger partial charge in [0.05, 0.1) is 16.1 Å². The number of alkyl halides is 1. The number of hydrogen-bond acceptors (Lipinski definition) is 2. The molecular formula is C11H15BrN2O. The quantitative estimate of drug-likeness (QED) is 0.856. The van der Waals surface area contributed by atoms with Crippen LogP contribution in [0.25, 0.3) is 0 Å². The summed E-state index contributed by atoms with van der Waals surface area (Å²) < 4.78 is 0. The van der Waals surface area contributed by atoms with E-state index < -0.39 is 5.54 Å². The third-order valence-corrected chi connectivity index (χ3v) is 2.52. The molecular weight excluding hydrogens is 256 g/mol. The predicted octanol–water partition coefficient (Wildman–Crippen LogP) is 2.22. The van der Waals surface area contributed by atoms with Crippen LogP contribution in [-0.2, 0) is 10.3 Å². The standard InChI is InChI=1S/C11H15BrN2O/c1-8(12)10(15)14-11(2,3)9-6-4-5-7-13-9/h4-8H,1-3H3,(H,14,15). The van der Waals surface area contributed by atoms with Gasteiger partial charge in [-0.3, -0.25) is 9.78 Å². The average molecular weight is 271 g/mol. The Bertz CT molecular complexity index is 336. The minimum absolute atomic E-state index is 0.0364. The normalized spacial score (nSPS) is 13.3. The molecule has 1 aromatic rings. The summed E-state index contributed by atoms with van der Waals surface area (Å²) >= 11 is 3.23. The van der Waals surface area contributed by atoms with Crippen LogP contribution in [0.3, 0.4) is 0 Å². The van der Waals surface area contributed by atoms with Crippen molar-refractivity contribution in [3.05, 3.63) is 30.1 Å². The van der Waals surface area contributed by atoms with Crippen molar-refractivity contribution >= 4 is 21.8 Å². The van der Waals surface area contributed by atoms with E-state index in [0.29, 0.717) is 0 Å². The van der Waals surface area contributed by atoms with Gasteiger partial charge < -0.3 is 5.32 Å². The summed E-state index contributed by atoms with van der Waals surface area (Å²) in [6.07, 6.45) is 1.72. The van der Waals surface area contributed by atoms with Crippen molar-refractivity contribution in [1.82, 2.24) is 10.3 Å². The fourth-order valence-corrected chi connectivity index (χ4v) is 1.32. The number of aromatic nitrogens is 1. The molecule has 82 valence electrons. The summed E-state index contributed by atoms with van der Waals surface area (Å²) in [6, 6.07) is 5.67. The molecule has 1 N–H and O–H groups in total. The van der Waals surface area contributed by atoms with Crippen LogP contribution in [0.15, 0.2) is 24.4 Å². The summed E-state index contributed by atoms with van der Waals surface area (Å²) in [7, 11) is 0. The molecule has 1 rings (SSSR count). The highest BCUT2D eigenvalue weighted by Gasteiger charge is 2.25. The summed E-state index contributed by atoms with van der Waals surface area (Å²) in [6.45, 7) is 5.66. The Morgan fingerprint density at radius 3 is 2.67 bits per heavy atom. The van der Waals surface area contributed by atoms with Crippen molar-refractivity contribution < 1.29 is 4.79 Å². The molecule has 0 aliphatic rings. The number of carbonyl (C=O) groups excluding carboxylic acids is 1. The maximum atomic E-state index is 11.5. The van der Waals surface area contributed by atoms with Gasteiger partial charge in [-0.25, -0.2) is 0 Å². The van der Waals surface area contributed by atoms with E-state index in [0.717, 1.165) is 5.69 Å². The smallest absolute Gasteiger partial charge is 0.234 e. The Kier molecular flexibility index (Phi) is 3.85. The molecule has 0 saturated heterocycles. The Morgan fingerprint density at radius 1 is 1.53 bits per heavy atom. The zero-order chi connectivity index (χ0) is 11.5. The van der Waals surface area contributed by atoms with E-state index in [4.69, 9.17) is 0 Å². The second-order valence-electron chi connectivity index (χ2n) is 3.95. The number of nitrogens with one attached hydrogen (secondary N) is 1. The van der Waals surface area contributed by atoms with Gasteiger partial charge in [0.1, 0.15) is 0 Å². The van der Waals surface area contributed by atoms with E-state index >= 15 is 0 Å². The lowest BCUT2D eigenvalue weighted by atomic mass is 10.00. The Labute approximate surface area is 98.4 Å². The lowest BCUT2D eigenvalue weighted by Crippen LogP contribution is -2.44. The first kappa shape index (κ1) is 12.2. The molecule has 1 atom stereocenters. The second kappa shape index (κ2) is 4.75. The molecule has 1 heterocycles. The highest BCUT2D eigenvalue weighted by atomic mass is 79.9. The topological polar surface area (TPSA) is 42.0 Å². The van der Waals surface area contributed by atoms with Crippen molar-refractivity contribution in [3.8, 4) is 0 Å². The van der Waals surface area contributed by atoms with Crippen molar-refractivity contribution in [2.24, 2.45) is 0 Å². The summed E-state index contributed by atoms with van der Waals surface area (Å²) in [5.41, 5.74) is 0.409. The van der Waals surface area contributed by atoms with Crippen LogP contribution in [0.1, 0.15) is 26.5 Å². The third-order valence-electron chi connectivity index (χ3n) is 2.10.